The number of phenolic OH excluding ortho intramolecular Hbond substituents is 1. The fourth-order valence-corrected chi connectivity index (χ4v) is 3.71. The summed E-state index contributed by atoms with van der Waals surface area (Å²) in [7, 11) is 2.85. The molecular formula is C20H19NO5S. The summed E-state index contributed by atoms with van der Waals surface area (Å²) >= 11 is 0.870. The largest absolute Gasteiger partial charge is 0.502 e. The topological polar surface area (TPSA) is 76.1 Å². The first-order valence-electron chi connectivity index (χ1n) is 8.16. The van der Waals surface area contributed by atoms with Crippen molar-refractivity contribution >= 4 is 34.7 Å². The van der Waals surface area contributed by atoms with Crippen LogP contribution in [0, 0.1) is 13.8 Å². The van der Waals surface area contributed by atoms with Crippen molar-refractivity contribution < 1.29 is 24.2 Å². The number of carbonyl (C=O) groups is 2. The molecule has 0 radical (unpaired) electrons. The first-order chi connectivity index (χ1) is 12.8. The van der Waals surface area contributed by atoms with Crippen LogP contribution in [-0.4, -0.2) is 30.5 Å². The standard InChI is InChI=1S/C20H19NO5S/c1-11-5-6-14(12(2)7-11)21-19(23)17(27-20(21)24)10-13-8-15(25-3)18(22)16(9-13)26-4/h5-10,22H,1-4H3/b17-10-. The third-order valence-corrected chi connectivity index (χ3v) is 5.06. The third kappa shape index (κ3) is 3.50. The molecule has 0 saturated carbocycles. The lowest BCUT2D eigenvalue weighted by molar-refractivity contribution is -0.113. The van der Waals surface area contributed by atoms with Gasteiger partial charge in [-0.05, 0) is 61.0 Å². The molecule has 1 fully saturated rings. The molecule has 7 heteroatoms. The lowest BCUT2D eigenvalue weighted by atomic mass is 10.1. The maximum absolute atomic E-state index is 12.8. The van der Waals surface area contributed by atoms with Crippen molar-refractivity contribution in [3.8, 4) is 17.2 Å². The van der Waals surface area contributed by atoms with Gasteiger partial charge in [0.1, 0.15) is 0 Å². The smallest absolute Gasteiger partial charge is 0.298 e. The molecule has 1 N–H and O–H groups in total. The predicted molar refractivity (Wildman–Crippen MR) is 106 cm³/mol. The van der Waals surface area contributed by atoms with Crippen LogP contribution in [0.2, 0.25) is 0 Å². The van der Waals surface area contributed by atoms with Crippen LogP contribution in [0.15, 0.2) is 35.2 Å². The second-order valence-electron chi connectivity index (χ2n) is 6.08. The number of thioether (sulfide) groups is 1. The van der Waals surface area contributed by atoms with Crippen LogP contribution in [0.1, 0.15) is 16.7 Å². The van der Waals surface area contributed by atoms with Gasteiger partial charge in [-0.1, -0.05) is 17.7 Å². The normalized spacial score (nSPS) is 15.6. The highest BCUT2D eigenvalue weighted by Gasteiger charge is 2.37. The number of ether oxygens (including phenoxy) is 2. The van der Waals surface area contributed by atoms with Gasteiger partial charge in [-0.2, -0.15) is 0 Å². The lowest BCUT2D eigenvalue weighted by Crippen LogP contribution is -2.28. The Labute approximate surface area is 161 Å². The van der Waals surface area contributed by atoms with Gasteiger partial charge in [-0.15, -0.1) is 0 Å². The molecule has 0 unspecified atom stereocenters. The van der Waals surface area contributed by atoms with Crippen molar-refractivity contribution in [2.75, 3.05) is 19.1 Å². The van der Waals surface area contributed by atoms with E-state index >= 15 is 0 Å². The Morgan fingerprint density at radius 1 is 1.04 bits per heavy atom. The summed E-state index contributed by atoms with van der Waals surface area (Å²) in [5, 5.41) is 9.66. The van der Waals surface area contributed by atoms with Gasteiger partial charge in [-0.3, -0.25) is 9.59 Å². The third-order valence-electron chi connectivity index (χ3n) is 4.19. The van der Waals surface area contributed by atoms with E-state index in [0.29, 0.717) is 11.3 Å². The second kappa shape index (κ2) is 7.36. The summed E-state index contributed by atoms with van der Waals surface area (Å²) in [4.78, 5) is 26.8. The molecule has 1 aliphatic rings. The van der Waals surface area contributed by atoms with E-state index < -0.39 is 0 Å². The Morgan fingerprint density at radius 3 is 2.22 bits per heavy atom. The fourth-order valence-electron chi connectivity index (χ4n) is 2.88. The van der Waals surface area contributed by atoms with Crippen LogP contribution in [0.4, 0.5) is 10.5 Å². The van der Waals surface area contributed by atoms with E-state index in [1.54, 1.807) is 24.3 Å². The van der Waals surface area contributed by atoms with Gasteiger partial charge in [0.05, 0.1) is 24.8 Å². The Balaban J connectivity index is 2.00. The maximum atomic E-state index is 12.8. The number of rotatable bonds is 4. The van der Waals surface area contributed by atoms with E-state index in [4.69, 9.17) is 9.47 Å². The number of hydrogen-bond acceptors (Lipinski definition) is 6. The molecule has 0 atom stereocenters. The van der Waals surface area contributed by atoms with Crippen LogP contribution < -0.4 is 14.4 Å². The van der Waals surface area contributed by atoms with E-state index in [2.05, 4.69) is 0 Å². The van der Waals surface area contributed by atoms with Gasteiger partial charge in [0.2, 0.25) is 5.75 Å². The van der Waals surface area contributed by atoms with Gasteiger partial charge in [-0.25, -0.2) is 4.90 Å². The zero-order chi connectivity index (χ0) is 19.7. The minimum Gasteiger partial charge on any atom is -0.502 e. The van der Waals surface area contributed by atoms with Crippen LogP contribution in [0.25, 0.3) is 6.08 Å². The fraction of sp³-hybridized carbons (Fsp3) is 0.200. The number of nitrogens with zero attached hydrogens (tertiary/aromatic N) is 1. The average Bonchev–Trinajstić information content (AvgIpc) is 2.90. The number of benzene rings is 2. The van der Waals surface area contributed by atoms with Crippen molar-refractivity contribution in [1.29, 1.82) is 0 Å². The van der Waals surface area contributed by atoms with Gasteiger partial charge >= 0.3 is 0 Å². The number of aromatic hydroxyl groups is 1. The summed E-state index contributed by atoms with van der Waals surface area (Å²) in [6.45, 7) is 3.82. The number of amides is 2. The molecular weight excluding hydrogens is 366 g/mol. The molecule has 3 rings (SSSR count). The molecule has 2 amide bonds. The highest BCUT2D eigenvalue weighted by atomic mass is 32.2. The number of phenols is 1. The molecule has 1 aliphatic heterocycles. The van der Waals surface area contributed by atoms with E-state index in [0.717, 1.165) is 22.9 Å². The SMILES string of the molecule is COc1cc(/C=C2\SC(=O)N(c3ccc(C)cc3C)C2=O)cc(OC)c1O. The molecule has 0 aliphatic carbocycles. The van der Waals surface area contributed by atoms with Gasteiger partial charge in [0, 0.05) is 0 Å². The quantitative estimate of drug-likeness (QED) is 0.792. The maximum Gasteiger partial charge on any atom is 0.298 e. The Morgan fingerprint density at radius 2 is 1.67 bits per heavy atom. The van der Waals surface area contributed by atoms with Crippen LogP contribution in [-0.2, 0) is 4.79 Å². The van der Waals surface area contributed by atoms with Gasteiger partial charge < -0.3 is 14.6 Å². The minimum atomic E-state index is -0.386. The predicted octanol–water partition coefficient (Wildman–Crippen LogP) is 4.27. The molecule has 140 valence electrons. The molecule has 1 heterocycles. The minimum absolute atomic E-state index is 0.125. The van der Waals surface area contributed by atoms with Crippen molar-refractivity contribution in [2.45, 2.75) is 13.8 Å². The summed E-state index contributed by atoms with van der Waals surface area (Å²) in [5.41, 5.74) is 3.06. The van der Waals surface area contributed by atoms with Crippen LogP contribution >= 0.6 is 11.8 Å². The number of anilines is 1. The first kappa shape index (κ1) is 18.8. The van der Waals surface area contributed by atoms with Crippen molar-refractivity contribution in [3.05, 3.63) is 51.9 Å². The number of imide groups is 1. The molecule has 0 aromatic heterocycles. The molecule has 1 saturated heterocycles. The monoisotopic (exact) mass is 385 g/mol. The number of methoxy groups -OCH3 is 2. The van der Waals surface area contributed by atoms with E-state index in [1.807, 2.05) is 26.0 Å². The van der Waals surface area contributed by atoms with E-state index in [-0.39, 0.29) is 33.3 Å². The van der Waals surface area contributed by atoms with Gasteiger partial charge in [0.25, 0.3) is 11.1 Å². The number of hydrogen-bond donors (Lipinski definition) is 1. The van der Waals surface area contributed by atoms with Crippen LogP contribution in [0.5, 0.6) is 17.2 Å². The highest BCUT2D eigenvalue weighted by Crippen LogP contribution is 2.40. The van der Waals surface area contributed by atoms with Crippen molar-refractivity contribution in [3.63, 3.8) is 0 Å². The first-order valence-corrected chi connectivity index (χ1v) is 8.97. The molecule has 0 bridgehead atoms. The Hall–Kier alpha value is -2.93. The van der Waals surface area contributed by atoms with Crippen LogP contribution in [0.3, 0.4) is 0 Å². The number of aryl methyl sites for hydroxylation is 2. The molecule has 27 heavy (non-hydrogen) atoms. The van der Waals surface area contributed by atoms with Crippen molar-refractivity contribution in [2.24, 2.45) is 0 Å². The van der Waals surface area contributed by atoms with E-state index in [9.17, 15) is 14.7 Å². The second-order valence-corrected chi connectivity index (χ2v) is 7.07. The molecule has 6 nitrogen and oxygen atoms in total. The lowest BCUT2D eigenvalue weighted by Gasteiger charge is -2.15. The average molecular weight is 385 g/mol. The summed E-state index contributed by atoms with van der Waals surface area (Å²) < 4.78 is 10.3. The van der Waals surface area contributed by atoms with E-state index in [1.165, 1.54) is 19.1 Å². The molecule has 0 spiro atoms. The number of carbonyl (C=O) groups excluding carboxylic acids is 2. The Bertz CT molecular complexity index is 942. The zero-order valence-electron chi connectivity index (χ0n) is 15.4. The Kier molecular flexibility index (Phi) is 5.14. The molecule has 2 aromatic carbocycles. The van der Waals surface area contributed by atoms with Crippen molar-refractivity contribution in [1.82, 2.24) is 0 Å². The van der Waals surface area contributed by atoms with Gasteiger partial charge in [0.15, 0.2) is 11.5 Å². The molecule has 2 aromatic rings. The highest BCUT2D eigenvalue weighted by molar-refractivity contribution is 8.19. The zero-order valence-corrected chi connectivity index (χ0v) is 16.2. The summed E-state index contributed by atoms with van der Waals surface area (Å²) in [6, 6.07) is 8.71. The summed E-state index contributed by atoms with van der Waals surface area (Å²) in [6.07, 6.45) is 1.58. The summed E-state index contributed by atoms with van der Waals surface area (Å²) in [5.74, 6) is -0.0769.